The first kappa shape index (κ1) is 23.9. The predicted molar refractivity (Wildman–Crippen MR) is 138 cm³/mol. The van der Waals surface area contributed by atoms with Crippen molar-refractivity contribution in [1.29, 1.82) is 0 Å². The summed E-state index contributed by atoms with van der Waals surface area (Å²) in [5.74, 6) is 0.922. The molecule has 1 N–H and O–H groups in total. The van der Waals surface area contributed by atoms with E-state index in [1.54, 1.807) is 38.6 Å². The molecule has 1 aromatic carbocycles. The number of rotatable bonds is 9. The van der Waals surface area contributed by atoms with Gasteiger partial charge < -0.3 is 14.8 Å². The molecule has 10 heteroatoms. The smallest absolute Gasteiger partial charge is 0.267 e. The van der Waals surface area contributed by atoms with Gasteiger partial charge in [-0.1, -0.05) is 42.2 Å². The van der Waals surface area contributed by atoms with Gasteiger partial charge in [-0.15, -0.1) is 0 Å². The van der Waals surface area contributed by atoms with Crippen molar-refractivity contribution >= 4 is 51.7 Å². The number of aromatic nitrogens is 2. The van der Waals surface area contributed by atoms with Crippen LogP contribution in [0.4, 0.5) is 5.82 Å². The minimum Gasteiger partial charge on any atom is -0.497 e. The monoisotopic (exact) mass is 496 g/mol. The van der Waals surface area contributed by atoms with E-state index in [0.717, 1.165) is 17.7 Å². The molecule has 1 amide bonds. The molecule has 3 aromatic rings. The molecule has 8 nitrogen and oxygen atoms in total. The molecule has 0 unspecified atom stereocenters. The van der Waals surface area contributed by atoms with Crippen LogP contribution in [-0.4, -0.2) is 51.9 Å². The van der Waals surface area contributed by atoms with Crippen LogP contribution in [0.3, 0.4) is 0 Å². The van der Waals surface area contributed by atoms with E-state index in [-0.39, 0.29) is 11.5 Å². The number of fused-ring (bicyclic) bond motifs is 1. The Kier molecular flexibility index (Phi) is 7.61. The van der Waals surface area contributed by atoms with Crippen LogP contribution in [0.1, 0.15) is 17.5 Å². The Bertz CT molecular complexity index is 1300. The maximum atomic E-state index is 13.3. The highest BCUT2D eigenvalue weighted by molar-refractivity contribution is 8.26. The molecule has 4 rings (SSSR count). The first-order chi connectivity index (χ1) is 16.5. The molecule has 0 bridgehead atoms. The summed E-state index contributed by atoms with van der Waals surface area (Å²) in [4.78, 5) is 33.0. The predicted octanol–water partition coefficient (Wildman–Crippen LogP) is 3.55. The lowest BCUT2D eigenvalue weighted by Gasteiger charge is -2.14. The molecule has 0 atom stereocenters. The van der Waals surface area contributed by atoms with E-state index in [4.69, 9.17) is 21.7 Å². The second kappa shape index (κ2) is 10.8. The molecule has 0 spiro atoms. The Morgan fingerprint density at radius 3 is 2.68 bits per heavy atom. The van der Waals surface area contributed by atoms with Crippen LogP contribution in [0, 0.1) is 0 Å². The van der Waals surface area contributed by atoms with Gasteiger partial charge in [0.25, 0.3) is 11.5 Å². The van der Waals surface area contributed by atoms with E-state index in [0.29, 0.717) is 46.0 Å². The molecule has 3 heterocycles. The maximum Gasteiger partial charge on any atom is 0.267 e. The molecule has 0 aliphatic carbocycles. The zero-order chi connectivity index (χ0) is 24.1. The van der Waals surface area contributed by atoms with Crippen molar-refractivity contribution in [3.63, 3.8) is 0 Å². The molecule has 1 aliphatic heterocycles. The number of hydrogen-bond donors (Lipinski definition) is 1. The van der Waals surface area contributed by atoms with Gasteiger partial charge in [-0.2, -0.15) is 0 Å². The summed E-state index contributed by atoms with van der Waals surface area (Å²) in [6, 6.07) is 12.8. The normalized spacial score (nSPS) is 14.9. The number of methoxy groups -OCH3 is 2. The molecule has 176 valence electrons. The van der Waals surface area contributed by atoms with Crippen molar-refractivity contribution in [2.75, 3.05) is 32.7 Å². The summed E-state index contributed by atoms with van der Waals surface area (Å²) in [5, 5.41) is 3.22. The number of hydrogen-bond acceptors (Lipinski definition) is 8. The Morgan fingerprint density at radius 2 is 1.94 bits per heavy atom. The van der Waals surface area contributed by atoms with Crippen LogP contribution in [0.15, 0.2) is 58.4 Å². The van der Waals surface area contributed by atoms with E-state index < -0.39 is 0 Å². The summed E-state index contributed by atoms with van der Waals surface area (Å²) in [7, 11) is 3.24. The lowest BCUT2D eigenvalue weighted by atomic mass is 10.2. The Morgan fingerprint density at radius 1 is 1.15 bits per heavy atom. The zero-order valence-electron chi connectivity index (χ0n) is 18.8. The lowest BCUT2D eigenvalue weighted by Crippen LogP contribution is -2.27. The SMILES string of the molecule is COCCCNc1nc2ccccn2c(=O)c1/C=C1\SC(=S)N(Cc2ccc(OC)cc2)C1=O. The van der Waals surface area contributed by atoms with Gasteiger partial charge in [0.05, 0.1) is 24.1 Å². The number of pyridine rings is 1. The van der Waals surface area contributed by atoms with Crippen LogP contribution < -0.4 is 15.6 Å². The van der Waals surface area contributed by atoms with Crippen LogP contribution in [-0.2, 0) is 16.1 Å². The largest absolute Gasteiger partial charge is 0.497 e. The number of thiocarbonyl (C=S) groups is 1. The standard InChI is InChI=1S/C24H24N4O4S2/c1-31-13-5-11-25-21-18(22(29)27-12-4-3-6-20(27)26-21)14-19-23(30)28(24(33)34-19)15-16-7-9-17(32-2)10-8-16/h3-4,6-10,12,14,25H,5,11,13,15H2,1-2H3/b19-14-. The van der Waals surface area contributed by atoms with E-state index in [9.17, 15) is 9.59 Å². The number of nitrogens with zero attached hydrogens (tertiary/aromatic N) is 3. The summed E-state index contributed by atoms with van der Waals surface area (Å²) in [6.45, 7) is 1.49. The fourth-order valence-electron chi connectivity index (χ4n) is 3.47. The summed E-state index contributed by atoms with van der Waals surface area (Å²) < 4.78 is 12.2. The van der Waals surface area contributed by atoms with Gasteiger partial charge in [0, 0.05) is 26.5 Å². The molecule has 34 heavy (non-hydrogen) atoms. The summed E-state index contributed by atoms with van der Waals surface area (Å²) >= 11 is 6.65. The van der Waals surface area contributed by atoms with Crippen LogP contribution >= 0.6 is 24.0 Å². The average Bonchev–Trinajstić information content (AvgIpc) is 3.11. The van der Waals surface area contributed by atoms with Crippen molar-refractivity contribution in [3.05, 3.63) is 75.0 Å². The fraction of sp³-hybridized carbons (Fsp3) is 0.250. The molecule has 1 aliphatic rings. The second-order valence-corrected chi connectivity index (χ2v) is 9.17. The number of ether oxygens (including phenoxy) is 2. The van der Waals surface area contributed by atoms with Gasteiger partial charge in [0.2, 0.25) is 0 Å². The molecule has 1 fully saturated rings. The van der Waals surface area contributed by atoms with E-state index in [2.05, 4.69) is 10.3 Å². The number of carbonyl (C=O) groups is 1. The third-order valence-corrected chi connectivity index (χ3v) is 6.61. The van der Waals surface area contributed by atoms with Crippen molar-refractivity contribution in [1.82, 2.24) is 14.3 Å². The second-order valence-electron chi connectivity index (χ2n) is 7.50. The number of amides is 1. The van der Waals surface area contributed by atoms with E-state index >= 15 is 0 Å². The van der Waals surface area contributed by atoms with Crippen molar-refractivity contribution in [2.24, 2.45) is 0 Å². The Hall–Kier alpha value is -3.21. The molecule has 1 saturated heterocycles. The zero-order valence-corrected chi connectivity index (χ0v) is 20.4. The molecule has 2 aromatic heterocycles. The van der Waals surface area contributed by atoms with E-state index in [1.807, 2.05) is 30.3 Å². The number of nitrogens with one attached hydrogen (secondary N) is 1. The number of benzene rings is 1. The third kappa shape index (κ3) is 5.14. The van der Waals surface area contributed by atoms with Gasteiger partial charge in [-0.05, 0) is 42.3 Å². The number of anilines is 1. The molecule has 0 saturated carbocycles. The Labute approximate surface area is 206 Å². The minimum absolute atomic E-state index is 0.242. The first-order valence-electron chi connectivity index (χ1n) is 10.6. The summed E-state index contributed by atoms with van der Waals surface area (Å²) in [5.41, 5.74) is 1.49. The highest BCUT2D eigenvalue weighted by Crippen LogP contribution is 2.34. The number of thioether (sulfide) groups is 1. The highest BCUT2D eigenvalue weighted by atomic mass is 32.2. The van der Waals surface area contributed by atoms with Gasteiger partial charge in [-0.3, -0.25) is 18.9 Å². The first-order valence-corrected chi connectivity index (χ1v) is 11.9. The van der Waals surface area contributed by atoms with Crippen molar-refractivity contribution in [3.8, 4) is 5.75 Å². The minimum atomic E-state index is -0.264. The van der Waals surface area contributed by atoms with Crippen molar-refractivity contribution < 1.29 is 14.3 Å². The topological polar surface area (TPSA) is 85.2 Å². The van der Waals surface area contributed by atoms with Gasteiger partial charge in [0.15, 0.2) is 0 Å². The molecular formula is C24H24N4O4S2. The van der Waals surface area contributed by atoms with Crippen LogP contribution in [0.5, 0.6) is 5.75 Å². The van der Waals surface area contributed by atoms with Crippen molar-refractivity contribution in [2.45, 2.75) is 13.0 Å². The third-order valence-electron chi connectivity index (χ3n) is 5.24. The van der Waals surface area contributed by atoms with Gasteiger partial charge in [-0.25, -0.2) is 4.98 Å². The molecule has 0 radical (unpaired) electrons. The molecular weight excluding hydrogens is 472 g/mol. The van der Waals surface area contributed by atoms with Gasteiger partial charge >= 0.3 is 0 Å². The van der Waals surface area contributed by atoms with Gasteiger partial charge in [0.1, 0.15) is 21.5 Å². The maximum absolute atomic E-state index is 13.3. The summed E-state index contributed by atoms with van der Waals surface area (Å²) in [6.07, 6.45) is 3.99. The highest BCUT2D eigenvalue weighted by Gasteiger charge is 2.32. The quantitative estimate of drug-likeness (QED) is 0.274. The van der Waals surface area contributed by atoms with Crippen LogP contribution in [0.25, 0.3) is 11.7 Å². The fourth-order valence-corrected chi connectivity index (χ4v) is 4.71. The number of carbonyl (C=O) groups excluding carboxylic acids is 1. The average molecular weight is 497 g/mol. The lowest BCUT2D eigenvalue weighted by molar-refractivity contribution is -0.122. The van der Waals surface area contributed by atoms with Crippen LogP contribution in [0.2, 0.25) is 0 Å². The Balaban J connectivity index is 1.65. The van der Waals surface area contributed by atoms with E-state index in [1.165, 1.54) is 21.1 Å².